The van der Waals surface area contributed by atoms with Crippen molar-refractivity contribution in [3.63, 3.8) is 0 Å². The lowest BCUT2D eigenvalue weighted by atomic mass is 10.2. The molecule has 5 nitrogen and oxygen atoms in total. The van der Waals surface area contributed by atoms with E-state index in [0.29, 0.717) is 10.9 Å². The van der Waals surface area contributed by atoms with Crippen LogP contribution in [0.25, 0.3) is 0 Å². The van der Waals surface area contributed by atoms with Crippen molar-refractivity contribution < 1.29 is 13.5 Å². The fraction of sp³-hybridized carbons (Fsp3) is 0.235. The number of hydrogen-bond donors (Lipinski definition) is 1. The number of sulfone groups is 1. The summed E-state index contributed by atoms with van der Waals surface area (Å²) < 4.78 is 23.2. The summed E-state index contributed by atoms with van der Waals surface area (Å²) in [5, 5.41) is 11.0. The molecule has 1 atom stereocenters. The number of aliphatic hydroxyl groups is 1. The van der Waals surface area contributed by atoms with Gasteiger partial charge in [0, 0.05) is 22.5 Å². The van der Waals surface area contributed by atoms with E-state index in [0.717, 1.165) is 11.3 Å². The summed E-state index contributed by atoms with van der Waals surface area (Å²) in [7, 11) is -3.25. The number of benzene rings is 2. The van der Waals surface area contributed by atoms with E-state index in [2.05, 4.69) is 4.99 Å². The molecule has 1 aliphatic heterocycles. The van der Waals surface area contributed by atoms with Gasteiger partial charge in [0.2, 0.25) is 0 Å². The fourth-order valence-corrected chi connectivity index (χ4v) is 3.36. The van der Waals surface area contributed by atoms with Gasteiger partial charge in [0.05, 0.1) is 11.4 Å². The molecule has 0 spiro atoms. The van der Waals surface area contributed by atoms with Crippen LogP contribution >= 0.6 is 11.6 Å². The minimum absolute atomic E-state index is 0.252. The van der Waals surface area contributed by atoms with Gasteiger partial charge < -0.3 is 10.0 Å². The van der Waals surface area contributed by atoms with E-state index in [9.17, 15) is 13.5 Å². The van der Waals surface area contributed by atoms with Crippen LogP contribution in [-0.2, 0) is 9.84 Å². The van der Waals surface area contributed by atoms with Gasteiger partial charge in [-0.15, -0.1) is 0 Å². The molecule has 7 heteroatoms. The number of hydrogen-bond acceptors (Lipinski definition) is 5. The van der Waals surface area contributed by atoms with Crippen molar-refractivity contribution in [3.8, 4) is 0 Å². The highest BCUT2D eigenvalue weighted by Crippen LogP contribution is 2.29. The molecule has 1 N–H and O–H groups in total. The lowest BCUT2D eigenvalue weighted by Gasteiger charge is -2.22. The smallest absolute Gasteiger partial charge is 0.175 e. The van der Waals surface area contributed by atoms with Crippen molar-refractivity contribution in [1.82, 2.24) is 0 Å². The number of halogens is 1. The highest BCUT2D eigenvalue weighted by atomic mass is 35.5. The lowest BCUT2D eigenvalue weighted by molar-refractivity contribution is 0.0879. The van der Waals surface area contributed by atoms with Gasteiger partial charge in [0.1, 0.15) is 5.84 Å². The lowest BCUT2D eigenvalue weighted by Crippen LogP contribution is -2.34. The van der Waals surface area contributed by atoms with Gasteiger partial charge in [0.15, 0.2) is 15.6 Å². The first-order valence-electron chi connectivity index (χ1n) is 7.32. The zero-order valence-corrected chi connectivity index (χ0v) is 14.8. The van der Waals surface area contributed by atoms with Crippen molar-refractivity contribution in [2.24, 2.45) is 4.99 Å². The third-order valence-electron chi connectivity index (χ3n) is 3.74. The summed E-state index contributed by atoms with van der Waals surface area (Å²) in [5.74, 6) is 0.615. The van der Waals surface area contributed by atoms with Crippen molar-refractivity contribution in [2.45, 2.75) is 17.5 Å². The fourth-order valence-electron chi connectivity index (χ4n) is 2.60. The van der Waals surface area contributed by atoms with Crippen LogP contribution in [0, 0.1) is 0 Å². The van der Waals surface area contributed by atoms with Crippen LogP contribution in [0.3, 0.4) is 0 Å². The Balaban J connectivity index is 2.00. The number of aliphatic imine (C=N–C) groups is 1. The van der Waals surface area contributed by atoms with E-state index in [1.165, 1.54) is 6.26 Å². The highest BCUT2D eigenvalue weighted by molar-refractivity contribution is 7.90. The van der Waals surface area contributed by atoms with Crippen LogP contribution in [0.4, 0.5) is 5.69 Å². The standard InChI is InChI=1S/C17H17ClN2O3S/c1-17(21)11-20(14-7-9-15(10-8-14)24(2,22)23)16(19-17)12-3-5-13(18)6-4-12/h3-10,21H,11H2,1-2H3. The van der Waals surface area contributed by atoms with Crippen molar-refractivity contribution in [3.05, 3.63) is 59.1 Å². The van der Waals surface area contributed by atoms with Crippen LogP contribution in [0.15, 0.2) is 58.4 Å². The van der Waals surface area contributed by atoms with Crippen LogP contribution in [-0.4, -0.2) is 37.9 Å². The topological polar surface area (TPSA) is 70.0 Å². The SMILES string of the molecule is CC1(O)CN(c2ccc(S(C)(=O)=O)cc2)C(c2ccc(Cl)cc2)=N1. The largest absolute Gasteiger partial charge is 0.368 e. The first kappa shape index (κ1) is 17.0. The zero-order valence-electron chi connectivity index (χ0n) is 13.3. The summed E-state index contributed by atoms with van der Waals surface area (Å²) in [5.41, 5.74) is 0.364. The van der Waals surface area contributed by atoms with Crippen molar-refractivity contribution in [1.29, 1.82) is 0 Å². The minimum atomic E-state index is -3.25. The highest BCUT2D eigenvalue weighted by Gasteiger charge is 2.34. The normalized spacial score (nSPS) is 21.0. The molecule has 1 aliphatic rings. The molecule has 0 bridgehead atoms. The Morgan fingerprint density at radius 3 is 2.25 bits per heavy atom. The predicted octanol–water partition coefficient (Wildman–Crippen LogP) is 2.72. The van der Waals surface area contributed by atoms with Gasteiger partial charge in [-0.25, -0.2) is 13.4 Å². The molecule has 0 fully saturated rings. The van der Waals surface area contributed by atoms with Crippen LogP contribution in [0.2, 0.25) is 5.02 Å². The molecule has 1 unspecified atom stereocenters. The number of amidine groups is 1. The Bertz CT molecular complexity index is 888. The molecule has 3 rings (SSSR count). The molecule has 0 saturated heterocycles. The molecule has 2 aromatic rings. The van der Waals surface area contributed by atoms with Crippen molar-refractivity contribution in [2.75, 3.05) is 17.7 Å². The Hall–Kier alpha value is -1.89. The maximum Gasteiger partial charge on any atom is 0.175 e. The van der Waals surface area contributed by atoms with E-state index < -0.39 is 15.6 Å². The summed E-state index contributed by atoms with van der Waals surface area (Å²) in [6, 6.07) is 13.7. The summed E-state index contributed by atoms with van der Waals surface area (Å²) >= 11 is 5.93. The average Bonchev–Trinajstić information content (AvgIpc) is 2.83. The first-order chi connectivity index (χ1) is 11.2. The van der Waals surface area contributed by atoms with E-state index in [-0.39, 0.29) is 11.4 Å². The maximum absolute atomic E-state index is 11.6. The Morgan fingerprint density at radius 1 is 1.12 bits per heavy atom. The second-order valence-electron chi connectivity index (χ2n) is 6.01. The zero-order chi connectivity index (χ0) is 17.5. The molecule has 24 heavy (non-hydrogen) atoms. The van der Waals surface area contributed by atoms with E-state index in [1.54, 1.807) is 43.3 Å². The quantitative estimate of drug-likeness (QED) is 0.909. The van der Waals surface area contributed by atoms with E-state index in [1.807, 2.05) is 17.0 Å². The van der Waals surface area contributed by atoms with Gasteiger partial charge >= 0.3 is 0 Å². The molecule has 126 valence electrons. The second kappa shape index (κ2) is 5.88. The molecular weight excluding hydrogens is 348 g/mol. The minimum Gasteiger partial charge on any atom is -0.368 e. The molecular formula is C17H17ClN2O3S. The summed E-state index contributed by atoms with van der Waals surface area (Å²) in [6.07, 6.45) is 1.17. The predicted molar refractivity (Wildman–Crippen MR) is 95.5 cm³/mol. The number of β-amino-alcohol motifs (C(OH)–C–C–N with tert-alkyl or cyclic N) is 1. The van der Waals surface area contributed by atoms with Crippen LogP contribution in [0.1, 0.15) is 12.5 Å². The third kappa shape index (κ3) is 3.45. The van der Waals surface area contributed by atoms with Crippen LogP contribution < -0.4 is 4.90 Å². The molecule has 0 radical (unpaired) electrons. The number of nitrogens with zero attached hydrogens (tertiary/aromatic N) is 2. The molecule has 0 amide bonds. The monoisotopic (exact) mass is 364 g/mol. The average molecular weight is 365 g/mol. The number of anilines is 1. The van der Waals surface area contributed by atoms with Gasteiger partial charge in [-0.05, 0) is 55.5 Å². The van der Waals surface area contributed by atoms with Gasteiger partial charge in [-0.3, -0.25) is 0 Å². The van der Waals surface area contributed by atoms with Gasteiger partial charge in [-0.2, -0.15) is 0 Å². The van der Waals surface area contributed by atoms with Crippen LogP contribution in [0.5, 0.6) is 0 Å². The molecule has 0 saturated carbocycles. The molecule has 0 aliphatic carbocycles. The summed E-state index contributed by atoms with van der Waals surface area (Å²) in [4.78, 5) is 6.49. The Kier molecular flexibility index (Phi) is 4.15. The molecule has 1 heterocycles. The molecule has 0 aromatic heterocycles. The Morgan fingerprint density at radius 2 is 1.71 bits per heavy atom. The Labute approximate surface area is 146 Å². The summed E-state index contributed by atoms with van der Waals surface area (Å²) in [6.45, 7) is 1.91. The number of rotatable bonds is 3. The van der Waals surface area contributed by atoms with E-state index in [4.69, 9.17) is 11.6 Å². The van der Waals surface area contributed by atoms with Gasteiger partial charge in [0.25, 0.3) is 0 Å². The second-order valence-corrected chi connectivity index (χ2v) is 8.46. The third-order valence-corrected chi connectivity index (χ3v) is 5.12. The molecule has 2 aromatic carbocycles. The van der Waals surface area contributed by atoms with Crippen molar-refractivity contribution >= 4 is 33.0 Å². The maximum atomic E-state index is 11.6. The van der Waals surface area contributed by atoms with E-state index >= 15 is 0 Å². The van der Waals surface area contributed by atoms with Gasteiger partial charge in [-0.1, -0.05) is 11.6 Å². The first-order valence-corrected chi connectivity index (χ1v) is 9.58.